The van der Waals surface area contributed by atoms with Crippen molar-refractivity contribution in [1.29, 1.82) is 0 Å². The molecule has 2 aliphatic heterocycles. The molecule has 4 amide bonds. The zero-order valence-corrected chi connectivity index (χ0v) is 14.7. The monoisotopic (exact) mass is 387 g/mol. The number of aromatic nitrogens is 2. The van der Waals surface area contributed by atoms with Crippen molar-refractivity contribution in [2.24, 2.45) is 0 Å². The minimum absolute atomic E-state index is 0.141. The first kappa shape index (κ1) is 17.2. The van der Waals surface area contributed by atoms with Crippen LogP contribution in [0, 0.1) is 0 Å². The van der Waals surface area contributed by atoms with Crippen LogP contribution in [0.4, 0.5) is 5.69 Å². The van der Waals surface area contributed by atoms with Crippen LogP contribution < -0.4 is 10.6 Å². The van der Waals surface area contributed by atoms with Crippen LogP contribution in [-0.4, -0.2) is 44.8 Å². The van der Waals surface area contributed by atoms with Crippen molar-refractivity contribution in [2.45, 2.75) is 25.4 Å². The predicted molar refractivity (Wildman–Crippen MR) is 94.0 cm³/mol. The molecule has 1 aromatic heterocycles. The number of fused-ring (bicyclic) bond motifs is 1. The summed E-state index contributed by atoms with van der Waals surface area (Å²) in [6, 6.07) is 5.63. The van der Waals surface area contributed by atoms with Crippen LogP contribution in [0.3, 0.4) is 0 Å². The molecule has 27 heavy (non-hydrogen) atoms. The number of imide groups is 1. The first-order valence-electron chi connectivity index (χ1n) is 8.22. The summed E-state index contributed by atoms with van der Waals surface area (Å²) in [4.78, 5) is 49.6. The Morgan fingerprint density at radius 3 is 2.78 bits per heavy atom. The number of hydrogen-bond donors (Lipinski definition) is 3. The van der Waals surface area contributed by atoms with Crippen LogP contribution in [0.1, 0.15) is 39.3 Å². The van der Waals surface area contributed by atoms with Gasteiger partial charge in [-0.15, -0.1) is 0 Å². The van der Waals surface area contributed by atoms with Gasteiger partial charge >= 0.3 is 0 Å². The molecule has 3 N–H and O–H groups in total. The normalized spacial score (nSPS) is 19.1. The number of H-pyrrole nitrogens is 1. The summed E-state index contributed by atoms with van der Waals surface area (Å²) in [5.41, 5.74) is 1.81. The van der Waals surface area contributed by atoms with E-state index in [4.69, 9.17) is 11.6 Å². The van der Waals surface area contributed by atoms with Gasteiger partial charge in [-0.1, -0.05) is 11.6 Å². The molecule has 1 unspecified atom stereocenters. The van der Waals surface area contributed by atoms with Gasteiger partial charge in [0.25, 0.3) is 11.8 Å². The maximum Gasteiger partial charge on any atom is 0.276 e. The van der Waals surface area contributed by atoms with Gasteiger partial charge < -0.3 is 10.2 Å². The number of aromatic amines is 1. The van der Waals surface area contributed by atoms with Gasteiger partial charge in [-0.3, -0.25) is 29.6 Å². The average molecular weight is 388 g/mol. The van der Waals surface area contributed by atoms with Gasteiger partial charge in [0, 0.05) is 30.3 Å². The smallest absolute Gasteiger partial charge is 0.276 e. The fraction of sp³-hybridized carbons (Fsp3) is 0.235. The van der Waals surface area contributed by atoms with Crippen LogP contribution in [0.5, 0.6) is 0 Å². The Morgan fingerprint density at radius 1 is 1.26 bits per heavy atom. The Balaban J connectivity index is 1.51. The van der Waals surface area contributed by atoms with Crippen molar-refractivity contribution in [3.05, 3.63) is 46.2 Å². The summed E-state index contributed by atoms with van der Waals surface area (Å²) < 4.78 is 0. The van der Waals surface area contributed by atoms with E-state index in [0.29, 0.717) is 23.2 Å². The van der Waals surface area contributed by atoms with Gasteiger partial charge in [0.1, 0.15) is 11.2 Å². The number of hydrogen-bond acceptors (Lipinski definition) is 5. The fourth-order valence-electron chi connectivity index (χ4n) is 3.26. The number of rotatable bonds is 3. The van der Waals surface area contributed by atoms with Gasteiger partial charge in [0.2, 0.25) is 11.8 Å². The second-order valence-corrected chi connectivity index (χ2v) is 6.73. The molecule has 0 radical (unpaired) electrons. The summed E-state index contributed by atoms with van der Waals surface area (Å²) >= 11 is 5.72. The third kappa shape index (κ3) is 3.17. The number of carbonyl (C=O) groups excluding carboxylic acids is 4. The molecule has 9 nitrogen and oxygen atoms in total. The molecule has 10 heteroatoms. The van der Waals surface area contributed by atoms with Crippen LogP contribution in [0.25, 0.3) is 0 Å². The number of halogens is 1. The predicted octanol–water partition coefficient (Wildman–Crippen LogP) is 1.08. The Kier molecular flexibility index (Phi) is 4.15. The molecule has 0 aliphatic carbocycles. The molecule has 2 aliphatic rings. The Morgan fingerprint density at radius 2 is 2.07 bits per heavy atom. The quantitative estimate of drug-likeness (QED) is 0.680. The number of piperidine rings is 1. The van der Waals surface area contributed by atoms with Crippen molar-refractivity contribution in [1.82, 2.24) is 20.4 Å². The number of nitrogens with zero attached hydrogens (tertiary/aromatic N) is 2. The van der Waals surface area contributed by atoms with Crippen molar-refractivity contribution < 1.29 is 19.2 Å². The molecule has 1 aromatic carbocycles. The molecule has 1 fully saturated rings. The minimum atomic E-state index is -0.674. The van der Waals surface area contributed by atoms with Gasteiger partial charge in [0.05, 0.1) is 0 Å². The van der Waals surface area contributed by atoms with E-state index in [1.807, 2.05) is 0 Å². The topological polar surface area (TPSA) is 124 Å². The number of carbonyl (C=O) groups is 4. The van der Waals surface area contributed by atoms with E-state index >= 15 is 0 Å². The fourth-order valence-corrected chi connectivity index (χ4v) is 3.41. The molecule has 0 saturated carbocycles. The van der Waals surface area contributed by atoms with Gasteiger partial charge in [-0.2, -0.15) is 5.10 Å². The maximum absolute atomic E-state index is 12.6. The van der Waals surface area contributed by atoms with Crippen molar-refractivity contribution in [2.75, 3.05) is 5.32 Å². The molecule has 1 atom stereocenters. The average Bonchev–Trinajstić information content (AvgIpc) is 3.19. The van der Waals surface area contributed by atoms with Crippen molar-refractivity contribution >= 4 is 40.9 Å². The van der Waals surface area contributed by atoms with E-state index in [9.17, 15) is 19.2 Å². The summed E-state index contributed by atoms with van der Waals surface area (Å²) in [7, 11) is 0. The number of nitrogens with one attached hydrogen (secondary N) is 3. The standard InChI is InChI=1S/C17H14ClN5O4/c18-13-6-11(21-22-13)15(25)19-9-1-2-10-8(5-9)7-23(17(10)27)12-3-4-14(24)20-16(12)26/h1-2,5-6,12H,3-4,7H2,(H,19,25)(H,21,22)(H,20,24,26). The highest BCUT2D eigenvalue weighted by Crippen LogP contribution is 2.29. The van der Waals surface area contributed by atoms with Crippen LogP contribution in [0.2, 0.25) is 5.15 Å². The number of anilines is 1. The summed E-state index contributed by atoms with van der Waals surface area (Å²) in [5.74, 6) is -1.50. The lowest BCUT2D eigenvalue weighted by molar-refractivity contribution is -0.136. The molecule has 1 saturated heterocycles. The van der Waals surface area contributed by atoms with Gasteiger partial charge in [-0.05, 0) is 30.2 Å². The van der Waals surface area contributed by atoms with E-state index < -0.39 is 17.9 Å². The molecule has 4 rings (SSSR count). The molecular formula is C17H14ClN5O4. The summed E-state index contributed by atoms with van der Waals surface area (Å²) in [6.07, 6.45) is 0.498. The first-order valence-corrected chi connectivity index (χ1v) is 8.60. The number of amides is 4. The molecule has 0 spiro atoms. The molecule has 0 bridgehead atoms. The molecule has 3 heterocycles. The Labute approximate surface area is 158 Å². The highest BCUT2D eigenvalue weighted by atomic mass is 35.5. The van der Waals surface area contributed by atoms with Crippen LogP contribution >= 0.6 is 11.6 Å². The van der Waals surface area contributed by atoms with Crippen molar-refractivity contribution in [3.63, 3.8) is 0 Å². The molecular weight excluding hydrogens is 374 g/mol. The summed E-state index contributed by atoms with van der Waals surface area (Å²) in [6.45, 7) is 0.235. The lowest BCUT2D eigenvalue weighted by Gasteiger charge is -2.29. The van der Waals surface area contributed by atoms with Crippen LogP contribution in [0.15, 0.2) is 24.3 Å². The highest BCUT2D eigenvalue weighted by molar-refractivity contribution is 6.29. The first-order chi connectivity index (χ1) is 12.9. The van der Waals surface area contributed by atoms with E-state index in [1.165, 1.54) is 11.0 Å². The lowest BCUT2D eigenvalue weighted by atomic mass is 10.0. The largest absolute Gasteiger partial charge is 0.322 e. The van der Waals surface area contributed by atoms with E-state index in [2.05, 4.69) is 20.8 Å². The van der Waals surface area contributed by atoms with E-state index in [0.717, 1.165) is 0 Å². The highest BCUT2D eigenvalue weighted by Gasteiger charge is 2.39. The summed E-state index contributed by atoms with van der Waals surface area (Å²) in [5, 5.41) is 11.5. The maximum atomic E-state index is 12.6. The zero-order valence-electron chi connectivity index (χ0n) is 13.9. The molecule has 2 aromatic rings. The van der Waals surface area contributed by atoms with E-state index in [1.54, 1.807) is 18.2 Å². The van der Waals surface area contributed by atoms with Crippen molar-refractivity contribution in [3.8, 4) is 0 Å². The second kappa shape index (κ2) is 6.51. The third-order valence-electron chi connectivity index (χ3n) is 4.56. The SMILES string of the molecule is O=C1CCC(N2Cc3cc(NC(=O)c4cc(Cl)[nH]n4)ccc3C2=O)C(=O)N1. The Bertz CT molecular complexity index is 985. The second-order valence-electron chi connectivity index (χ2n) is 6.33. The van der Waals surface area contributed by atoms with Gasteiger partial charge in [0.15, 0.2) is 5.69 Å². The van der Waals surface area contributed by atoms with Gasteiger partial charge in [-0.25, -0.2) is 0 Å². The number of benzene rings is 1. The third-order valence-corrected chi connectivity index (χ3v) is 4.75. The minimum Gasteiger partial charge on any atom is -0.322 e. The Hall–Kier alpha value is -3.20. The zero-order chi connectivity index (χ0) is 19.1. The van der Waals surface area contributed by atoms with Crippen LogP contribution in [-0.2, 0) is 16.1 Å². The molecule has 138 valence electrons. The lowest BCUT2D eigenvalue weighted by Crippen LogP contribution is -2.52. The van der Waals surface area contributed by atoms with E-state index in [-0.39, 0.29) is 35.6 Å².